The average Bonchev–Trinajstić information content (AvgIpc) is 2.55. The predicted octanol–water partition coefficient (Wildman–Crippen LogP) is 2.01. The quantitative estimate of drug-likeness (QED) is 0.617. The van der Waals surface area contributed by atoms with Gasteiger partial charge in [0.2, 0.25) is 0 Å². The van der Waals surface area contributed by atoms with E-state index in [1.807, 2.05) is 30.3 Å². The van der Waals surface area contributed by atoms with Gasteiger partial charge in [-0.1, -0.05) is 30.3 Å². The van der Waals surface area contributed by atoms with Crippen molar-refractivity contribution in [2.45, 2.75) is 19.4 Å². The fraction of sp³-hybridized carbons (Fsp3) is 0.231. The summed E-state index contributed by atoms with van der Waals surface area (Å²) in [7, 11) is 0. The molecule has 0 saturated carbocycles. The largest absolute Gasteiger partial charge is 0.507 e. The van der Waals surface area contributed by atoms with Crippen molar-refractivity contribution in [3.63, 3.8) is 0 Å². The molecule has 0 amide bonds. The third-order valence-electron chi connectivity index (χ3n) is 2.65. The van der Waals surface area contributed by atoms with E-state index in [0.29, 0.717) is 6.42 Å². The highest BCUT2D eigenvalue weighted by Crippen LogP contribution is 2.24. The summed E-state index contributed by atoms with van der Waals surface area (Å²) < 4.78 is 5.05. The first kappa shape index (κ1) is 11.4. The average molecular weight is 231 g/mol. The zero-order valence-electron chi connectivity index (χ0n) is 9.43. The number of esters is 1. The number of ether oxygens (including phenoxy) is 1. The van der Waals surface area contributed by atoms with Gasteiger partial charge in [-0.15, -0.1) is 0 Å². The van der Waals surface area contributed by atoms with Crippen molar-refractivity contribution in [3.8, 4) is 0 Å². The fourth-order valence-electron chi connectivity index (χ4n) is 1.82. The number of carbonyl (C=O) groups excluding carboxylic acids is 1. The number of nitrogens with one attached hydrogen (secondary N) is 1. The Kier molecular flexibility index (Phi) is 2.95. The first-order chi connectivity index (χ1) is 8.09. The van der Waals surface area contributed by atoms with Crippen LogP contribution in [0.2, 0.25) is 0 Å². The maximum atomic E-state index is 11.4. The molecule has 0 aliphatic carbocycles. The highest BCUT2D eigenvalue weighted by molar-refractivity contribution is 6.19. The number of rotatable bonds is 3. The number of benzene rings is 1. The molecule has 2 rings (SSSR count). The summed E-state index contributed by atoms with van der Waals surface area (Å²) in [5.74, 6) is -0.748. The number of hydrogen-bond donors (Lipinski definition) is 2. The summed E-state index contributed by atoms with van der Waals surface area (Å²) in [5.41, 5.74) is 0.995. The van der Waals surface area contributed by atoms with E-state index in [0.717, 1.165) is 5.56 Å². The lowest BCUT2D eigenvalue weighted by Gasteiger charge is -2.09. The van der Waals surface area contributed by atoms with Gasteiger partial charge in [0, 0.05) is 12.1 Å². The highest BCUT2D eigenvalue weighted by Gasteiger charge is 2.35. The molecule has 1 unspecified atom stereocenters. The van der Waals surface area contributed by atoms with Crippen molar-refractivity contribution < 1.29 is 14.6 Å². The molecule has 0 aromatic heterocycles. The van der Waals surface area contributed by atoms with Crippen LogP contribution in [0, 0.1) is 5.41 Å². The molecule has 1 atom stereocenters. The third-order valence-corrected chi connectivity index (χ3v) is 2.65. The molecule has 0 saturated heterocycles. The van der Waals surface area contributed by atoms with Crippen molar-refractivity contribution >= 4 is 11.7 Å². The molecule has 0 spiro atoms. The Morgan fingerprint density at radius 2 is 2.06 bits per heavy atom. The SMILES string of the molecule is CC(=N)C1=C(O)C(Cc2ccccc2)OC1=O. The van der Waals surface area contributed by atoms with Crippen molar-refractivity contribution in [2.75, 3.05) is 0 Å². The Bertz CT molecular complexity index is 491. The van der Waals surface area contributed by atoms with Gasteiger partial charge in [0.25, 0.3) is 0 Å². The maximum Gasteiger partial charge on any atom is 0.344 e. The minimum Gasteiger partial charge on any atom is -0.507 e. The number of carbonyl (C=O) groups is 1. The van der Waals surface area contributed by atoms with E-state index < -0.39 is 12.1 Å². The van der Waals surface area contributed by atoms with Gasteiger partial charge in [0.15, 0.2) is 6.10 Å². The zero-order valence-corrected chi connectivity index (χ0v) is 9.43. The third kappa shape index (κ3) is 2.20. The van der Waals surface area contributed by atoms with Crippen molar-refractivity contribution in [1.29, 1.82) is 5.41 Å². The van der Waals surface area contributed by atoms with Gasteiger partial charge in [-0.25, -0.2) is 4.79 Å². The molecule has 4 nitrogen and oxygen atoms in total. The van der Waals surface area contributed by atoms with E-state index in [2.05, 4.69) is 0 Å². The van der Waals surface area contributed by atoms with Gasteiger partial charge < -0.3 is 15.3 Å². The minimum absolute atomic E-state index is 0.00840. The topological polar surface area (TPSA) is 70.4 Å². The van der Waals surface area contributed by atoms with E-state index in [1.54, 1.807) is 0 Å². The van der Waals surface area contributed by atoms with E-state index in [-0.39, 0.29) is 17.0 Å². The maximum absolute atomic E-state index is 11.4. The van der Waals surface area contributed by atoms with Gasteiger partial charge in [0.1, 0.15) is 11.3 Å². The van der Waals surface area contributed by atoms with Gasteiger partial charge in [-0.05, 0) is 12.5 Å². The Labute approximate surface area is 99.0 Å². The van der Waals surface area contributed by atoms with Crippen LogP contribution in [0.1, 0.15) is 12.5 Å². The molecule has 17 heavy (non-hydrogen) atoms. The molecule has 1 aromatic carbocycles. The van der Waals surface area contributed by atoms with E-state index in [1.165, 1.54) is 6.92 Å². The highest BCUT2D eigenvalue weighted by atomic mass is 16.6. The van der Waals surface area contributed by atoms with Crippen LogP contribution in [0.3, 0.4) is 0 Å². The standard InChI is InChI=1S/C13H13NO3/c1-8(14)11-12(15)10(17-13(11)16)7-9-5-3-2-4-6-9/h2-6,10,14-15H,7H2,1H3. The molecule has 88 valence electrons. The van der Waals surface area contributed by atoms with Crippen LogP contribution in [0.15, 0.2) is 41.7 Å². The van der Waals surface area contributed by atoms with Crippen LogP contribution in [-0.4, -0.2) is 22.9 Å². The second kappa shape index (κ2) is 4.41. The smallest absolute Gasteiger partial charge is 0.344 e. The van der Waals surface area contributed by atoms with E-state index in [4.69, 9.17) is 10.1 Å². The van der Waals surface area contributed by atoms with E-state index in [9.17, 15) is 9.90 Å². The molecule has 1 aliphatic rings. The molecule has 4 heteroatoms. The van der Waals surface area contributed by atoms with Gasteiger partial charge >= 0.3 is 5.97 Å². The Morgan fingerprint density at radius 1 is 1.41 bits per heavy atom. The molecule has 1 aliphatic heterocycles. The fourth-order valence-corrected chi connectivity index (χ4v) is 1.82. The Morgan fingerprint density at radius 3 is 2.59 bits per heavy atom. The summed E-state index contributed by atoms with van der Waals surface area (Å²) in [5, 5.41) is 17.2. The molecular weight excluding hydrogens is 218 g/mol. The second-order valence-corrected chi connectivity index (χ2v) is 3.97. The number of aliphatic hydroxyl groups is 1. The lowest BCUT2D eigenvalue weighted by Crippen LogP contribution is -2.14. The summed E-state index contributed by atoms with van der Waals surface area (Å²) in [4.78, 5) is 11.4. The van der Waals surface area contributed by atoms with Crippen LogP contribution in [0.5, 0.6) is 0 Å². The molecule has 1 aromatic rings. The van der Waals surface area contributed by atoms with Gasteiger partial charge in [0.05, 0.1) is 0 Å². The van der Waals surface area contributed by atoms with Crippen molar-refractivity contribution in [2.24, 2.45) is 0 Å². The number of aliphatic hydroxyl groups excluding tert-OH is 1. The Balaban J connectivity index is 2.20. The zero-order chi connectivity index (χ0) is 12.4. The summed E-state index contributed by atoms with van der Waals surface area (Å²) in [6.07, 6.45) is -0.241. The van der Waals surface area contributed by atoms with Crippen molar-refractivity contribution in [3.05, 3.63) is 47.2 Å². The lowest BCUT2D eigenvalue weighted by atomic mass is 10.0. The van der Waals surface area contributed by atoms with Crippen LogP contribution in [0.4, 0.5) is 0 Å². The van der Waals surface area contributed by atoms with Crippen LogP contribution in [0.25, 0.3) is 0 Å². The molecule has 0 bridgehead atoms. The van der Waals surface area contributed by atoms with Gasteiger partial charge in [-0.3, -0.25) is 0 Å². The molecular formula is C13H13NO3. The summed E-state index contributed by atoms with van der Waals surface area (Å²) >= 11 is 0. The van der Waals surface area contributed by atoms with Crippen LogP contribution >= 0.6 is 0 Å². The first-order valence-corrected chi connectivity index (χ1v) is 5.33. The normalized spacial score (nSPS) is 19.4. The predicted molar refractivity (Wildman–Crippen MR) is 63.1 cm³/mol. The minimum atomic E-state index is -0.666. The number of hydrogen-bond acceptors (Lipinski definition) is 4. The molecule has 0 fully saturated rings. The summed E-state index contributed by atoms with van der Waals surface area (Å²) in [6, 6.07) is 9.46. The van der Waals surface area contributed by atoms with Crippen LogP contribution < -0.4 is 0 Å². The molecule has 1 heterocycles. The Hall–Kier alpha value is -2.10. The molecule has 0 radical (unpaired) electrons. The number of cyclic esters (lactones) is 1. The molecule has 2 N–H and O–H groups in total. The summed E-state index contributed by atoms with van der Waals surface area (Å²) in [6.45, 7) is 1.46. The van der Waals surface area contributed by atoms with Gasteiger partial charge in [-0.2, -0.15) is 0 Å². The van der Waals surface area contributed by atoms with Crippen molar-refractivity contribution in [1.82, 2.24) is 0 Å². The second-order valence-electron chi connectivity index (χ2n) is 3.97. The van der Waals surface area contributed by atoms with Crippen LogP contribution in [-0.2, 0) is 16.0 Å². The lowest BCUT2D eigenvalue weighted by molar-refractivity contribution is -0.139. The monoisotopic (exact) mass is 231 g/mol. The first-order valence-electron chi connectivity index (χ1n) is 5.33. The van der Waals surface area contributed by atoms with E-state index >= 15 is 0 Å².